The molecule has 2 saturated carbocycles. The number of epoxide rings is 1. The van der Waals surface area contributed by atoms with E-state index in [0.717, 1.165) is 44.9 Å². The Morgan fingerprint density at radius 2 is 1.68 bits per heavy atom. The van der Waals surface area contributed by atoms with Crippen LogP contribution < -0.4 is 0 Å². The average molecular weight is 558 g/mol. The van der Waals surface area contributed by atoms with Gasteiger partial charge in [-0.2, -0.15) is 5.26 Å². The number of carbonyl (C=O) groups excluding carboxylic acids is 3. The zero-order valence-electron chi connectivity index (χ0n) is 27.2. The summed E-state index contributed by atoms with van der Waals surface area (Å²) in [6.07, 6.45) is 7.15. The molecule has 0 aromatic carbocycles. The quantitative estimate of drug-likeness (QED) is 0.182. The minimum absolute atomic E-state index is 0.0464. The van der Waals surface area contributed by atoms with Gasteiger partial charge in [0.05, 0.1) is 12.5 Å². The molecule has 0 bridgehead atoms. The Bertz CT molecular complexity index is 1060. The number of hydrogen-bond acceptors (Lipinski definition) is 6. The van der Waals surface area contributed by atoms with Crippen molar-refractivity contribution in [3.05, 3.63) is 0 Å². The van der Waals surface area contributed by atoms with Crippen molar-refractivity contribution < 1.29 is 23.9 Å². The largest absolute Gasteiger partial charge is 0.469 e. The van der Waals surface area contributed by atoms with Crippen LogP contribution in [0, 0.1) is 56.2 Å². The average Bonchev–Trinajstić information content (AvgIpc) is 3.64. The molecule has 0 spiro atoms. The molecular weight excluding hydrogens is 502 g/mol. The maximum atomic E-state index is 13.2. The van der Waals surface area contributed by atoms with E-state index in [9.17, 15) is 19.6 Å². The Balaban J connectivity index is 1.95. The molecule has 0 unspecified atom stereocenters. The fourth-order valence-corrected chi connectivity index (χ4v) is 9.02. The van der Waals surface area contributed by atoms with Crippen molar-refractivity contribution in [2.24, 2.45) is 44.8 Å². The lowest BCUT2D eigenvalue weighted by molar-refractivity contribution is -0.165. The van der Waals surface area contributed by atoms with Crippen LogP contribution in [0.3, 0.4) is 0 Å². The third-order valence-corrected chi connectivity index (χ3v) is 12.3. The van der Waals surface area contributed by atoms with Gasteiger partial charge < -0.3 is 14.3 Å². The van der Waals surface area contributed by atoms with E-state index in [0.29, 0.717) is 12.8 Å². The highest BCUT2D eigenvalue weighted by Crippen LogP contribution is 2.72. The smallest absolute Gasteiger partial charge is 0.311 e. The van der Waals surface area contributed by atoms with Gasteiger partial charge in [-0.1, -0.05) is 61.8 Å². The summed E-state index contributed by atoms with van der Waals surface area (Å²) < 4.78 is 11.4. The maximum absolute atomic E-state index is 13.2. The molecule has 0 radical (unpaired) electrons. The predicted molar refractivity (Wildman–Crippen MR) is 156 cm³/mol. The zero-order chi connectivity index (χ0) is 30.5. The van der Waals surface area contributed by atoms with E-state index < -0.39 is 22.5 Å². The van der Waals surface area contributed by atoms with Gasteiger partial charge in [0.2, 0.25) is 5.60 Å². The van der Waals surface area contributed by atoms with E-state index in [1.807, 2.05) is 6.92 Å². The van der Waals surface area contributed by atoms with Crippen LogP contribution in [-0.2, 0) is 23.9 Å². The van der Waals surface area contributed by atoms with Crippen LogP contribution in [0.2, 0.25) is 0 Å². The Hall–Kier alpha value is -1.74. The Morgan fingerprint density at radius 3 is 2.20 bits per heavy atom. The van der Waals surface area contributed by atoms with Gasteiger partial charge in [-0.3, -0.25) is 9.59 Å². The number of Topliss-reactive ketones (excluding diaryl/α,β-unsaturated/α-hetero) is 2. The van der Waals surface area contributed by atoms with Crippen LogP contribution in [0.4, 0.5) is 0 Å². The van der Waals surface area contributed by atoms with E-state index in [1.54, 1.807) is 6.92 Å². The first-order valence-electron chi connectivity index (χ1n) is 15.5. The van der Waals surface area contributed by atoms with Crippen LogP contribution in [0.1, 0.15) is 127 Å². The molecule has 0 amide bonds. The maximum Gasteiger partial charge on any atom is 0.311 e. The summed E-state index contributed by atoms with van der Waals surface area (Å²) in [6, 6.07) is 2.22. The first kappa shape index (κ1) is 32.8. The number of nitrogens with zero attached hydrogens (tertiary/aromatic N) is 1. The Kier molecular flexibility index (Phi) is 8.87. The second kappa shape index (κ2) is 10.8. The number of carbonyl (C=O) groups is 3. The summed E-state index contributed by atoms with van der Waals surface area (Å²) in [5.74, 6) is -0.370. The van der Waals surface area contributed by atoms with Gasteiger partial charge in [0.25, 0.3) is 0 Å². The monoisotopic (exact) mass is 557 g/mol. The molecule has 0 aromatic rings. The molecular formula is C34H55NO5. The van der Waals surface area contributed by atoms with Crippen molar-refractivity contribution in [3.63, 3.8) is 0 Å². The van der Waals surface area contributed by atoms with Crippen LogP contribution in [0.15, 0.2) is 0 Å². The minimum Gasteiger partial charge on any atom is -0.469 e. The number of ether oxygens (including phenoxy) is 2. The van der Waals surface area contributed by atoms with Gasteiger partial charge in [-0.25, -0.2) is 0 Å². The Morgan fingerprint density at radius 1 is 1.07 bits per heavy atom. The molecule has 226 valence electrons. The first-order chi connectivity index (χ1) is 18.3. The number of esters is 1. The number of methoxy groups -OCH3 is 1. The minimum atomic E-state index is -1.36. The van der Waals surface area contributed by atoms with Crippen molar-refractivity contribution in [2.75, 3.05) is 7.11 Å². The van der Waals surface area contributed by atoms with Crippen LogP contribution in [-0.4, -0.2) is 36.4 Å². The summed E-state index contributed by atoms with van der Waals surface area (Å²) in [5.41, 5.74) is -2.73. The number of ketones is 2. The molecule has 3 aliphatic rings. The summed E-state index contributed by atoms with van der Waals surface area (Å²) in [6.45, 7) is 21.5. The lowest BCUT2D eigenvalue weighted by Gasteiger charge is -2.63. The second-order valence-corrected chi connectivity index (χ2v) is 15.7. The molecule has 40 heavy (non-hydrogen) atoms. The van der Waals surface area contributed by atoms with Crippen molar-refractivity contribution in [1.29, 1.82) is 5.26 Å². The fourth-order valence-electron chi connectivity index (χ4n) is 9.02. The summed E-state index contributed by atoms with van der Waals surface area (Å²) >= 11 is 0. The molecule has 1 heterocycles. The lowest BCUT2D eigenvalue weighted by atomic mass is 9.39. The van der Waals surface area contributed by atoms with E-state index in [4.69, 9.17) is 9.47 Å². The van der Waals surface area contributed by atoms with Crippen LogP contribution >= 0.6 is 0 Å². The molecule has 3 fully saturated rings. The molecule has 0 aromatic heterocycles. The normalized spacial score (nSPS) is 37.0. The topological polar surface area (TPSA) is 96.8 Å². The number of nitriles is 1. The standard InChI is InChI=1S/C34H55NO5/c1-12-14-29(4,5)16-18-31(8,28(38)39-11)19-17-30(6,7)32(9)15-13-24-23(3)26(37)34(21-35)27(40-34)33(24,10)25(32)20-22(2)36/h23-25,27H,12-20H2,1-11H3/t23-,24-,25-,27+,31-,32+,33-,34-/m0/s1. The Labute approximate surface area is 243 Å². The number of rotatable bonds is 12. The second-order valence-electron chi connectivity index (χ2n) is 15.7. The first-order valence-corrected chi connectivity index (χ1v) is 15.5. The molecule has 3 rings (SSSR count). The molecule has 6 heteroatoms. The van der Waals surface area contributed by atoms with Gasteiger partial charge >= 0.3 is 5.97 Å². The van der Waals surface area contributed by atoms with Crippen molar-refractivity contribution in [1.82, 2.24) is 0 Å². The number of hydrogen-bond donors (Lipinski definition) is 0. The van der Waals surface area contributed by atoms with E-state index >= 15 is 0 Å². The SMILES string of the molecule is CCCC(C)(C)CC[C@@](C)(CCC(C)(C)[C@]1(C)CC[C@H]2[C@H](C)C(=O)[C@]3(C#N)O[C@@H]3[C@]2(C)[C@H]1CC(C)=O)C(=O)OC. The summed E-state index contributed by atoms with van der Waals surface area (Å²) in [5, 5.41) is 10.0. The molecule has 1 aliphatic heterocycles. The molecule has 2 aliphatic carbocycles. The van der Waals surface area contributed by atoms with E-state index in [1.165, 1.54) is 7.11 Å². The highest BCUT2D eigenvalue weighted by Gasteiger charge is 2.79. The van der Waals surface area contributed by atoms with Gasteiger partial charge in [0.15, 0.2) is 5.78 Å². The van der Waals surface area contributed by atoms with Crippen LogP contribution in [0.5, 0.6) is 0 Å². The summed E-state index contributed by atoms with van der Waals surface area (Å²) in [4.78, 5) is 39.2. The van der Waals surface area contributed by atoms with E-state index in [-0.39, 0.29) is 51.5 Å². The van der Waals surface area contributed by atoms with Gasteiger partial charge in [-0.15, -0.1) is 0 Å². The predicted octanol–water partition coefficient (Wildman–Crippen LogP) is 7.48. The molecule has 0 N–H and O–H groups in total. The molecule has 6 nitrogen and oxygen atoms in total. The van der Waals surface area contributed by atoms with Gasteiger partial charge in [0.1, 0.15) is 18.0 Å². The third kappa shape index (κ3) is 5.18. The third-order valence-electron chi connectivity index (χ3n) is 12.3. The van der Waals surface area contributed by atoms with Gasteiger partial charge in [0, 0.05) is 17.8 Å². The fraction of sp³-hybridized carbons (Fsp3) is 0.882. The van der Waals surface area contributed by atoms with Gasteiger partial charge in [-0.05, 0) is 86.9 Å². The highest BCUT2D eigenvalue weighted by molar-refractivity contribution is 5.97. The molecule has 8 atom stereocenters. The molecule has 1 saturated heterocycles. The van der Waals surface area contributed by atoms with Crippen molar-refractivity contribution in [2.45, 2.75) is 139 Å². The number of fused-ring (bicyclic) bond motifs is 3. The highest BCUT2D eigenvalue weighted by atomic mass is 16.6. The van der Waals surface area contributed by atoms with Crippen LogP contribution in [0.25, 0.3) is 0 Å². The summed E-state index contributed by atoms with van der Waals surface area (Å²) in [7, 11) is 1.48. The van der Waals surface area contributed by atoms with Crippen molar-refractivity contribution in [3.8, 4) is 6.07 Å². The van der Waals surface area contributed by atoms with Crippen molar-refractivity contribution >= 4 is 17.5 Å². The van der Waals surface area contributed by atoms with E-state index in [2.05, 4.69) is 61.5 Å². The zero-order valence-corrected chi connectivity index (χ0v) is 27.2. The lowest BCUT2D eigenvalue weighted by Crippen LogP contribution is -2.63.